The molecule has 0 radical (unpaired) electrons. The van der Waals surface area contributed by atoms with Gasteiger partial charge in [0, 0.05) is 20.0 Å². The Kier molecular flexibility index (Phi) is 3.62. The average molecular weight is 300 g/mol. The molecule has 7 heteroatoms. The van der Waals surface area contributed by atoms with E-state index in [1.807, 2.05) is 6.92 Å². The van der Waals surface area contributed by atoms with Gasteiger partial charge < -0.3 is 9.73 Å². The van der Waals surface area contributed by atoms with E-state index in [0.29, 0.717) is 30.1 Å². The summed E-state index contributed by atoms with van der Waals surface area (Å²) < 4.78 is 5.42. The van der Waals surface area contributed by atoms with Crippen LogP contribution in [0.1, 0.15) is 38.6 Å². The molecule has 3 rings (SSSR count). The van der Waals surface area contributed by atoms with Crippen molar-refractivity contribution in [3.8, 4) is 0 Å². The molecule has 0 saturated heterocycles. The number of carbonyl (C=O) groups is 2. The predicted molar refractivity (Wildman–Crippen MR) is 78.9 cm³/mol. The molecular weight excluding hydrogens is 284 g/mol. The molecule has 0 saturated carbocycles. The fraction of sp³-hybridized carbons (Fsp3) is 0.333. The maximum atomic E-state index is 12.6. The molecule has 1 N–H and O–H groups in total. The van der Waals surface area contributed by atoms with Gasteiger partial charge in [0.05, 0.1) is 16.8 Å². The number of fused-ring (bicyclic) bond motifs is 1. The Bertz CT molecular complexity index is 721. The van der Waals surface area contributed by atoms with Crippen LogP contribution in [-0.2, 0) is 6.42 Å². The summed E-state index contributed by atoms with van der Waals surface area (Å²) in [5.41, 5.74) is 1.34. The first-order valence-corrected chi connectivity index (χ1v) is 7.05. The molecule has 0 spiro atoms. The van der Waals surface area contributed by atoms with E-state index in [1.54, 1.807) is 19.2 Å². The van der Waals surface area contributed by atoms with Crippen molar-refractivity contribution in [1.29, 1.82) is 0 Å². The summed E-state index contributed by atoms with van der Waals surface area (Å²) >= 11 is 0. The van der Waals surface area contributed by atoms with Crippen LogP contribution in [0, 0.1) is 6.92 Å². The second-order valence-electron chi connectivity index (χ2n) is 5.20. The molecule has 0 bridgehead atoms. The molecule has 0 unspecified atom stereocenters. The summed E-state index contributed by atoms with van der Waals surface area (Å²) in [5, 5.41) is 10.7. The number of nitrogens with one attached hydrogen (secondary N) is 1. The van der Waals surface area contributed by atoms with Crippen molar-refractivity contribution in [1.82, 2.24) is 15.5 Å². The summed E-state index contributed by atoms with van der Waals surface area (Å²) in [6, 6.07) is 3.48. The van der Waals surface area contributed by atoms with Gasteiger partial charge in [-0.05, 0) is 25.5 Å². The van der Waals surface area contributed by atoms with Crippen LogP contribution in [-0.4, -0.2) is 35.6 Å². The van der Waals surface area contributed by atoms with Crippen LogP contribution >= 0.6 is 0 Å². The predicted octanol–water partition coefficient (Wildman–Crippen LogP) is 1.33. The minimum atomic E-state index is -0.347. The zero-order valence-electron chi connectivity index (χ0n) is 12.4. The van der Waals surface area contributed by atoms with Crippen LogP contribution in [0.4, 0.5) is 5.82 Å². The first-order chi connectivity index (χ1) is 10.6. The molecule has 0 aromatic carbocycles. The van der Waals surface area contributed by atoms with Crippen molar-refractivity contribution in [2.45, 2.75) is 19.8 Å². The van der Waals surface area contributed by atoms with E-state index >= 15 is 0 Å². The van der Waals surface area contributed by atoms with Crippen LogP contribution < -0.4 is 10.2 Å². The number of aryl methyl sites for hydroxylation is 2. The number of rotatable bonds is 2. The molecule has 2 aromatic heterocycles. The molecule has 22 heavy (non-hydrogen) atoms. The number of amides is 2. The monoisotopic (exact) mass is 300 g/mol. The first-order valence-electron chi connectivity index (χ1n) is 7.05. The fourth-order valence-corrected chi connectivity index (χ4v) is 2.38. The molecule has 2 aromatic rings. The summed E-state index contributed by atoms with van der Waals surface area (Å²) in [5.74, 6) is 0.356. The third-order valence-electron chi connectivity index (χ3n) is 3.62. The zero-order valence-corrected chi connectivity index (χ0v) is 12.4. The van der Waals surface area contributed by atoms with Gasteiger partial charge in [-0.25, -0.2) is 0 Å². The molecule has 7 nitrogen and oxygen atoms in total. The molecule has 114 valence electrons. The van der Waals surface area contributed by atoms with Gasteiger partial charge in [-0.3, -0.25) is 14.5 Å². The third kappa shape index (κ3) is 2.45. The van der Waals surface area contributed by atoms with E-state index < -0.39 is 0 Å². The van der Waals surface area contributed by atoms with Gasteiger partial charge in [0.1, 0.15) is 12.0 Å². The Morgan fingerprint density at radius 1 is 1.36 bits per heavy atom. The Hall–Kier alpha value is -2.70. The average Bonchev–Trinajstić information content (AvgIpc) is 2.86. The minimum absolute atomic E-state index is 0.249. The second kappa shape index (κ2) is 5.59. The highest BCUT2D eigenvalue weighted by atomic mass is 16.3. The molecule has 0 aliphatic carbocycles. The van der Waals surface area contributed by atoms with Crippen molar-refractivity contribution in [2.75, 3.05) is 18.5 Å². The maximum Gasteiger partial charge on any atom is 0.263 e. The second-order valence-corrected chi connectivity index (χ2v) is 5.20. The fourth-order valence-electron chi connectivity index (χ4n) is 2.38. The standard InChI is InChI=1S/C15H16N4O3/c1-9-5-6-12(18-17-9)19(2)15(21)10-8-22-11-4-3-7-16-14(20)13(10)11/h5-6,8H,3-4,7H2,1-2H3,(H,16,20). The topological polar surface area (TPSA) is 88.3 Å². The normalized spacial score (nSPS) is 14.0. The Morgan fingerprint density at radius 2 is 2.18 bits per heavy atom. The number of hydrogen-bond acceptors (Lipinski definition) is 5. The first kappa shape index (κ1) is 14.2. The number of carbonyl (C=O) groups excluding carboxylic acids is 2. The highest BCUT2D eigenvalue weighted by Gasteiger charge is 2.29. The van der Waals surface area contributed by atoms with E-state index in [9.17, 15) is 9.59 Å². The molecule has 1 aliphatic heterocycles. The van der Waals surface area contributed by atoms with Crippen LogP contribution in [0.15, 0.2) is 22.8 Å². The van der Waals surface area contributed by atoms with E-state index in [4.69, 9.17) is 4.42 Å². The quantitative estimate of drug-likeness (QED) is 0.904. The van der Waals surface area contributed by atoms with Crippen LogP contribution in [0.5, 0.6) is 0 Å². The van der Waals surface area contributed by atoms with Gasteiger partial charge in [-0.2, -0.15) is 5.10 Å². The number of furan rings is 1. The number of anilines is 1. The van der Waals surface area contributed by atoms with Gasteiger partial charge in [0.25, 0.3) is 11.8 Å². The largest absolute Gasteiger partial charge is 0.468 e. The lowest BCUT2D eigenvalue weighted by molar-refractivity contribution is 0.0937. The van der Waals surface area contributed by atoms with Gasteiger partial charge >= 0.3 is 0 Å². The number of nitrogens with zero attached hydrogens (tertiary/aromatic N) is 3. The van der Waals surface area contributed by atoms with E-state index in [2.05, 4.69) is 15.5 Å². The SMILES string of the molecule is Cc1ccc(N(C)C(=O)c2coc3c2C(=O)NCCC3)nn1. The number of aromatic nitrogens is 2. The Morgan fingerprint density at radius 3 is 2.91 bits per heavy atom. The number of hydrogen-bond donors (Lipinski definition) is 1. The minimum Gasteiger partial charge on any atom is -0.468 e. The highest BCUT2D eigenvalue weighted by molar-refractivity contribution is 6.13. The summed E-state index contributed by atoms with van der Waals surface area (Å²) in [4.78, 5) is 26.1. The van der Waals surface area contributed by atoms with Crippen molar-refractivity contribution < 1.29 is 14.0 Å². The molecular formula is C15H16N4O3. The van der Waals surface area contributed by atoms with E-state index in [1.165, 1.54) is 11.2 Å². The van der Waals surface area contributed by atoms with Crippen LogP contribution in [0.2, 0.25) is 0 Å². The smallest absolute Gasteiger partial charge is 0.263 e. The van der Waals surface area contributed by atoms with Gasteiger partial charge in [-0.1, -0.05) is 0 Å². The van der Waals surface area contributed by atoms with E-state index in [0.717, 1.165) is 12.1 Å². The van der Waals surface area contributed by atoms with Crippen molar-refractivity contribution in [3.63, 3.8) is 0 Å². The Balaban J connectivity index is 1.94. The zero-order chi connectivity index (χ0) is 15.7. The van der Waals surface area contributed by atoms with Crippen molar-refractivity contribution >= 4 is 17.6 Å². The molecule has 2 amide bonds. The summed E-state index contributed by atoms with van der Waals surface area (Å²) in [6.07, 6.45) is 2.77. The van der Waals surface area contributed by atoms with Gasteiger partial charge in [-0.15, -0.1) is 5.10 Å². The maximum absolute atomic E-state index is 12.6. The van der Waals surface area contributed by atoms with Crippen molar-refractivity contribution in [2.24, 2.45) is 0 Å². The molecule has 3 heterocycles. The third-order valence-corrected chi connectivity index (χ3v) is 3.62. The molecule has 0 atom stereocenters. The van der Waals surface area contributed by atoms with E-state index in [-0.39, 0.29) is 17.4 Å². The molecule has 1 aliphatic rings. The molecule has 0 fully saturated rings. The lowest BCUT2D eigenvalue weighted by atomic mass is 10.1. The Labute approximate surface area is 127 Å². The summed E-state index contributed by atoms with van der Waals surface area (Å²) in [7, 11) is 1.59. The van der Waals surface area contributed by atoms with Crippen molar-refractivity contribution in [3.05, 3.63) is 41.0 Å². The van der Waals surface area contributed by atoms with Gasteiger partial charge in [0.2, 0.25) is 0 Å². The lowest BCUT2D eigenvalue weighted by Gasteiger charge is -2.15. The summed E-state index contributed by atoms with van der Waals surface area (Å²) in [6.45, 7) is 2.40. The van der Waals surface area contributed by atoms with Crippen LogP contribution in [0.3, 0.4) is 0 Å². The lowest BCUT2D eigenvalue weighted by Crippen LogP contribution is -2.30. The van der Waals surface area contributed by atoms with Crippen LogP contribution in [0.25, 0.3) is 0 Å². The van der Waals surface area contributed by atoms with Gasteiger partial charge in [0.15, 0.2) is 5.82 Å². The highest BCUT2D eigenvalue weighted by Crippen LogP contribution is 2.23.